The number of halogens is 3. The molecular weight excluding hydrogens is 249 g/mol. The number of hydrogen-bond donors (Lipinski definition) is 1. The quantitative estimate of drug-likeness (QED) is 0.906. The van der Waals surface area contributed by atoms with Crippen molar-refractivity contribution in [3.05, 3.63) is 24.3 Å². The molecule has 0 atom stereocenters. The van der Waals surface area contributed by atoms with Gasteiger partial charge in [-0.05, 0) is 12.1 Å². The number of rotatable bonds is 4. The Morgan fingerprint density at radius 2 is 2.11 bits per heavy atom. The smallest absolute Gasteiger partial charge is 0.427 e. The van der Waals surface area contributed by atoms with Gasteiger partial charge in [-0.3, -0.25) is 0 Å². The second-order valence-corrected chi connectivity index (χ2v) is 3.73. The molecule has 1 N–H and O–H groups in total. The lowest BCUT2D eigenvalue weighted by molar-refractivity contribution is -0.186. The highest BCUT2D eigenvalue weighted by Crippen LogP contribution is 2.24. The maximum atomic E-state index is 12.7. The summed E-state index contributed by atoms with van der Waals surface area (Å²) in [5.74, 6) is -0.228. The van der Waals surface area contributed by atoms with Crippen LogP contribution in [0.4, 0.5) is 23.7 Å². The van der Waals surface area contributed by atoms with E-state index in [9.17, 15) is 18.0 Å². The zero-order valence-corrected chi connectivity index (χ0v) is 9.91. The predicted molar refractivity (Wildman–Crippen MR) is 60.7 cm³/mol. The summed E-state index contributed by atoms with van der Waals surface area (Å²) in [5.41, 5.74) is 0.279. The first-order valence-electron chi connectivity index (χ1n) is 5.05. The fraction of sp³-hybridized carbons (Fsp3) is 0.364. The van der Waals surface area contributed by atoms with Crippen molar-refractivity contribution in [3.63, 3.8) is 0 Å². The zero-order valence-electron chi connectivity index (χ0n) is 9.91. The lowest BCUT2D eigenvalue weighted by atomic mass is 10.3. The number of nitrogens with zero attached hydrogens (tertiary/aromatic N) is 1. The number of carbonyl (C=O) groups is 1. The molecule has 0 radical (unpaired) electrons. The fourth-order valence-corrected chi connectivity index (χ4v) is 1.07. The molecule has 1 aromatic carbocycles. The molecule has 2 amide bonds. The Kier molecular flexibility index (Phi) is 4.41. The number of benzene rings is 1. The van der Waals surface area contributed by atoms with E-state index >= 15 is 0 Å². The second-order valence-electron chi connectivity index (χ2n) is 3.73. The highest BCUT2D eigenvalue weighted by Gasteiger charge is 2.31. The van der Waals surface area contributed by atoms with Crippen LogP contribution in [0.1, 0.15) is 0 Å². The number of urea groups is 1. The molecule has 1 rings (SSSR count). The van der Waals surface area contributed by atoms with Crippen molar-refractivity contribution < 1.29 is 22.7 Å². The third-order valence-electron chi connectivity index (χ3n) is 1.91. The van der Waals surface area contributed by atoms with E-state index < -0.39 is 18.8 Å². The first-order valence-corrected chi connectivity index (χ1v) is 5.05. The first kappa shape index (κ1) is 14.1. The van der Waals surface area contributed by atoms with Crippen molar-refractivity contribution >= 4 is 11.7 Å². The molecule has 0 fully saturated rings. The summed E-state index contributed by atoms with van der Waals surface area (Å²) in [6, 6.07) is 4.93. The van der Waals surface area contributed by atoms with Crippen LogP contribution in [0.15, 0.2) is 24.3 Å². The Balaban J connectivity index is 2.77. The monoisotopic (exact) mass is 262 g/mol. The van der Waals surface area contributed by atoms with Crippen molar-refractivity contribution in [2.24, 2.45) is 0 Å². The van der Waals surface area contributed by atoms with Crippen LogP contribution in [-0.2, 0) is 0 Å². The van der Waals surface area contributed by atoms with E-state index in [2.05, 4.69) is 10.1 Å². The normalized spacial score (nSPS) is 10.9. The Labute approximate surface area is 102 Å². The van der Waals surface area contributed by atoms with Crippen LogP contribution in [0, 0.1) is 0 Å². The van der Waals surface area contributed by atoms with Gasteiger partial charge in [0.2, 0.25) is 0 Å². The molecule has 0 saturated heterocycles. The molecule has 4 nitrogen and oxygen atoms in total. The molecule has 18 heavy (non-hydrogen) atoms. The maximum Gasteiger partial charge on any atom is 0.427 e. The van der Waals surface area contributed by atoms with Crippen LogP contribution in [0.3, 0.4) is 0 Å². The SMILES string of the molecule is CN(C)C(=O)Nc1cccc(OC(F)(F)CF)c1. The highest BCUT2D eigenvalue weighted by molar-refractivity contribution is 5.89. The van der Waals surface area contributed by atoms with Gasteiger partial charge < -0.3 is 15.0 Å². The topological polar surface area (TPSA) is 41.6 Å². The molecule has 0 saturated carbocycles. The lowest BCUT2D eigenvalue weighted by Crippen LogP contribution is -2.28. The van der Waals surface area contributed by atoms with E-state index in [-0.39, 0.29) is 11.4 Å². The second kappa shape index (κ2) is 5.61. The molecule has 0 heterocycles. The van der Waals surface area contributed by atoms with Gasteiger partial charge in [-0.2, -0.15) is 8.78 Å². The minimum absolute atomic E-state index is 0.228. The van der Waals surface area contributed by atoms with E-state index in [1.165, 1.54) is 43.3 Å². The average Bonchev–Trinajstić information content (AvgIpc) is 2.28. The van der Waals surface area contributed by atoms with Crippen LogP contribution in [0.25, 0.3) is 0 Å². The molecule has 1 aromatic rings. The van der Waals surface area contributed by atoms with E-state index in [0.29, 0.717) is 0 Å². The summed E-state index contributed by atoms with van der Waals surface area (Å²) < 4.78 is 41.4. The van der Waals surface area contributed by atoms with Crippen LogP contribution < -0.4 is 10.1 Å². The number of ether oxygens (including phenoxy) is 1. The molecule has 0 aliphatic carbocycles. The molecule has 100 valence electrons. The Bertz CT molecular complexity index is 425. The summed E-state index contributed by atoms with van der Waals surface area (Å²) in [4.78, 5) is 12.6. The van der Waals surface area contributed by atoms with Gasteiger partial charge in [-0.25, -0.2) is 9.18 Å². The summed E-state index contributed by atoms with van der Waals surface area (Å²) >= 11 is 0. The molecule has 0 aliphatic rings. The molecule has 7 heteroatoms. The Hall–Kier alpha value is -1.92. The van der Waals surface area contributed by atoms with Crippen LogP contribution in [0.2, 0.25) is 0 Å². The molecule has 0 spiro atoms. The van der Waals surface area contributed by atoms with Gasteiger partial charge in [0.05, 0.1) is 0 Å². The van der Waals surface area contributed by atoms with Gasteiger partial charge in [-0.15, -0.1) is 0 Å². The van der Waals surface area contributed by atoms with Crippen molar-refractivity contribution in [2.75, 3.05) is 26.1 Å². The number of hydrogen-bond acceptors (Lipinski definition) is 2. The van der Waals surface area contributed by atoms with Gasteiger partial charge >= 0.3 is 12.1 Å². The summed E-state index contributed by atoms with van der Waals surface area (Å²) in [7, 11) is 3.07. The zero-order chi connectivity index (χ0) is 13.8. The van der Waals surface area contributed by atoms with Crippen LogP contribution >= 0.6 is 0 Å². The highest BCUT2D eigenvalue weighted by atomic mass is 19.3. The predicted octanol–water partition coefficient (Wildman–Crippen LogP) is 2.72. The summed E-state index contributed by atoms with van der Waals surface area (Å²) in [6.07, 6.45) is -3.87. The van der Waals surface area contributed by atoms with Gasteiger partial charge in [0.25, 0.3) is 0 Å². The van der Waals surface area contributed by atoms with E-state index in [1.807, 2.05) is 0 Å². The standard InChI is InChI=1S/C11H13F3N2O2/c1-16(2)10(17)15-8-4-3-5-9(6-8)18-11(13,14)7-12/h3-6H,7H2,1-2H3,(H,15,17). The van der Waals surface area contributed by atoms with Crippen LogP contribution in [-0.4, -0.2) is 37.8 Å². The van der Waals surface area contributed by atoms with Crippen molar-refractivity contribution in [1.29, 1.82) is 0 Å². The number of anilines is 1. The molecule has 0 bridgehead atoms. The van der Waals surface area contributed by atoms with Gasteiger partial charge in [0.1, 0.15) is 5.75 Å². The summed E-state index contributed by atoms with van der Waals surface area (Å²) in [6.45, 7) is -1.92. The third kappa shape index (κ3) is 4.15. The molecule has 0 aliphatic heterocycles. The van der Waals surface area contributed by atoms with Crippen LogP contribution in [0.5, 0.6) is 5.75 Å². The number of carbonyl (C=O) groups excluding carboxylic acids is 1. The van der Waals surface area contributed by atoms with Gasteiger partial charge in [0.15, 0.2) is 6.67 Å². The minimum Gasteiger partial charge on any atom is -0.431 e. The number of amides is 2. The first-order chi connectivity index (χ1) is 8.34. The Morgan fingerprint density at radius 3 is 2.67 bits per heavy atom. The van der Waals surface area contributed by atoms with Crippen molar-refractivity contribution in [3.8, 4) is 5.75 Å². The molecular formula is C11H13F3N2O2. The van der Waals surface area contributed by atoms with E-state index in [4.69, 9.17) is 0 Å². The lowest BCUT2D eigenvalue weighted by Gasteiger charge is -2.16. The summed E-state index contributed by atoms with van der Waals surface area (Å²) in [5, 5.41) is 2.45. The van der Waals surface area contributed by atoms with Gasteiger partial charge in [0, 0.05) is 25.8 Å². The largest absolute Gasteiger partial charge is 0.431 e. The van der Waals surface area contributed by atoms with Crippen molar-refractivity contribution in [2.45, 2.75) is 6.11 Å². The number of nitrogens with one attached hydrogen (secondary N) is 1. The molecule has 0 aromatic heterocycles. The molecule has 0 unspecified atom stereocenters. The third-order valence-corrected chi connectivity index (χ3v) is 1.91. The maximum absolute atomic E-state index is 12.7. The van der Waals surface area contributed by atoms with Gasteiger partial charge in [-0.1, -0.05) is 6.07 Å². The average molecular weight is 262 g/mol. The van der Waals surface area contributed by atoms with Crippen molar-refractivity contribution in [1.82, 2.24) is 4.90 Å². The van der Waals surface area contributed by atoms with E-state index in [0.717, 1.165) is 0 Å². The Morgan fingerprint density at radius 1 is 1.44 bits per heavy atom. The number of alkyl halides is 3. The van der Waals surface area contributed by atoms with E-state index in [1.54, 1.807) is 0 Å². The minimum atomic E-state index is -3.87. The fourth-order valence-electron chi connectivity index (χ4n) is 1.07.